The average Bonchev–Trinajstić information content (AvgIpc) is 1.82. The first-order valence-electron chi connectivity index (χ1n) is 3.89. The summed E-state index contributed by atoms with van der Waals surface area (Å²) in [6, 6.07) is 0.254. The van der Waals surface area contributed by atoms with Crippen molar-refractivity contribution in [1.29, 1.82) is 0 Å². The van der Waals surface area contributed by atoms with Crippen LogP contribution < -0.4 is 10.9 Å². The second-order valence-corrected chi connectivity index (χ2v) is 5.08. The molecule has 0 bridgehead atoms. The Hall–Kier alpha value is -0.170. The second-order valence-electron chi connectivity index (χ2n) is 3.42. The first-order valence-corrected chi connectivity index (χ1v) is 5.39. The highest BCUT2D eigenvalue weighted by Crippen LogP contribution is 2.26. The fraction of sp³-hybridized carbons (Fsp3) is 1.00. The zero-order valence-corrected chi connectivity index (χ0v) is 7.92. The van der Waals surface area contributed by atoms with Crippen LogP contribution in [0.15, 0.2) is 0 Å². The Morgan fingerprint density at radius 2 is 2.00 bits per heavy atom. The molecule has 1 aliphatic rings. The van der Waals surface area contributed by atoms with Gasteiger partial charge in [0.05, 0.1) is 0 Å². The molecule has 12 heavy (non-hydrogen) atoms. The third-order valence-corrected chi connectivity index (χ3v) is 3.24. The van der Waals surface area contributed by atoms with Crippen molar-refractivity contribution >= 4 is 10.2 Å². The molecule has 4 N–H and O–H groups in total. The van der Waals surface area contributed by atoms with Gasteiger partial charge in [0.1, 0.15) is 0 Å². The van der Waals surface area contributed by atoms with E-state index in [1.165, 1.54) is 11.4 Å². The largest absolute Gasteiger partial charge is 0.328 e. The van der Waals surface area contributed by atoms with Crippen molar-refractivity contribution in [3.05, 3.63) is 0 Å². The molecule has 0 atom stereocenters. The van der Waals surface area contributed by atoms with Crippen LogP contribution in [-0.4, -0.2) is 32.4 Å². The van der Waals surface area contributed by atoms with Crippen molar-refractivity contribution in [2.24, 2.45) is 16.8 Å². The molecular weight excluding hydrogens is 178 g/mol. The summed E-state index contributed by atoms with van der Waals surface area (Å²) in [6.45, 7) is 0.493. The van der Waals surface area contributed by atoms with Crippen molar-refractivity contribution < 1.29 is 8.42 Å². The monoisotopic (exact) mass is 193 g/mol. The molecule has 1 aliphatic carbocycles. The normalized spacial score (nSPS) is 30.3. The number of nitrogens with zero attached hydrogens (tertiary/aromatic N) is 1. The van der Waals surface area contributed by atoms with Gasteiger partial charge in [-0.1, -0.05) is 0 Å². The molecule has 0 unspecified atom stereocenters. The molecule has 0 aromatic heterocycles. The van der Waals surface area contributed by atoms with Crippen molar-refractivity contribution in [2.45, 2.75) is 18.9 Å². The molecule has 0 aliphatic heterocycles. The van der Waals surface area contributed by atoms with Gasteiger partial charge in [0.25, 0.3) is 10.2 Å². The summed E-state index contributed by atoms with van der Waals surface area (Å²) in [5, 5.41) is 4.91. The average molecular weight is 193 g/mol. The van der Waals surface area contributed by atoms with Crippen LogP contribution in [0.3, 0.4) is 0 Å². The molecule has 0 aromatic carbocycles. The van der Waals surface area contributed by atoms with E-state index in [-0.39, 0.29) is 6.04 Å². The molecule has 0 aromatic rings. The first-order chi connectivity index (χ1) is 5.39. The Morgan fingerprint density at radius 3 is 2.33 bits per heavy atom. The van der Waals surface area contributed by atoms with E-state index in [9.17, 15) is 8.42 Å². The molecule has 0 saturated heterocycles. The van der Waals surface area contributed by atoms with E-state index in [4.69, 9.17) is 10.9 Å². The van der Waals surface area contributed by atoms with E-state index in [1.54, 1.807) is 0 Å². The van der Waals surface area contributed by atoms with Crippen LogP contribution in [0.4, 0.5) is 0 Å². The van der Waals surface area contributed by atoms with Crippen LogP contribution in [-0.2, 0) is 10.2 Å². The van der Waals surface area contributed by atoms with Crippen molar-refractivity contribution in [2.75, 3.05) is 13.6 Å². The molecule has 0 heterocycles. The Kier molecular flexibility index (Phi) is 2.72. The highest BCUT2D eigenvalue weighted by Gasteiger charge is 2.28. The maximum Gasteiger partial charge on any atom is 0.276 e. The van der Waals surface area contributed by atoms with E-state index in [0.717, 1.165) is 12.8 Å². The Bertz CT molecular complexity index is 246. The van der Waals surface area contributed by atoms with Crippen molar-refractivity contribution in [1.82, 2.24) is 4.31 Å². The summed E-state index contributed by atoms with van der Waals surface area (Å²) in [5.41, 5.74) is 5.55. The Labute approximate surface area is 72.9 Å². The van der Waals surface area contributed by atoms with E-state index >= 15 is 0 Å². The molecule has 1 fully saturated rings. The van der Waals surface area contributed by atoms with E-state index in [2.05, 4.69) is 0 Å². The summed E-state index contributed by atoms with van der Waals surface area (Å²) >= 11 is 0. The Morgan fingerprint density at radius 1 is 1.50 bits per heavy atom. The van der Waals surface area contributed by atoms with Gasteiger partial charge in [-0.05, 0) is 18.8 Å². The van der Waals surface area contributed by atoms with E-state index in [1.807, 2.05) is 0 Å². The topological polar surface area (TPSA) is 89.4 Å². The molecule has 72 valence electrons. The van der Waals surface area contributed by atoms with Gasteiger partial charge < -0.3 is 5.73 Å². The lowest BCUT2D eigenvalue weighted by Gasteiger charge is -2.34. The van der Waals surface area contributed by atoms with E-state index < -0.39 is 10.2 Å². The van der Waals surface area contributed by atoms with E-state index in [0.29, 0.717) is 12.5 Å². The third kappa shape index (κ3) is 2.41. The summed E-state index contributed by atoms with van der Waals surface area (Å²) in [7, 11) is -2.01. The predicted molar refractivity (Wildman–Crippen MR) is 46.4 cm³/mol. The number of rotatable bonds is 3. The van der Waals surface area contributed by atoms with Gasteiger partial charge in [-0.3, -0.25) is 0 Å². The zero-order valence-electron chi connectivity index (χ0n) is 7.10. The van der Waals surface area contributed by atoms with Crippen LogP contribution in [0.25, 0.3) is 0 Å². The predicted octanol–water partition coefficient (Wildman–Crippen LogP) is -1.14. The van der Waals surface area contributed by atoms with Gasteiger partial charge in [0, 0.05) is 19.6 Å². The van der Waals surface area contributed by atoms with Crippen molar-refractivity contribution in [3.63, 3.8) is 0 Å². The highest BCUT2D eigenvalue weighted by molar-refractivity contribution is 7.86. The molecule has 0 radical (unpaired) electrons. The summed E-state index contributed by atoms with van der Waals surface area (Å²) in [6.07, 6.45) is 1.81. The standard InChI is InChI=1S/C6H15N3O2S/c1-9(12(8,10)11)4-5-2-6(7)3-5/h5-6H,2-4,7H2,1H3,(H2,8,10,11). The lowest BCUT2D eigenvalue weighted by molar-refractivity contribution is 0.227. The molecule has 5 nitrogen and oxygen atoms in total. The minimum Gasteiger partial charge on any atom is -0.328 e. The molecule has 0 amide bonds. The minimum absolute atomic E-state index is 0.254. The Balaban J connectivity index is 2.33. The third-order valence-electron chi connectivity index (χ3n) is 2.22. The lowest BCUT2D eigenvalue weighted by Crippen LogP contribution is -2.44. The molecule has 0 spiro atoms. The van der Waals surface area contributed by atoms with Crippen LogP contribution in [0.2, 0.25) is 0 Å². The van der Waals surface area contributed by atoms with Gasteiger partial charge in [0.15, 0.2) is 0 Å². The zero-order chi connectivity index (χ0) is 9.35. The fourth-order valence-corrected chi connectivity index (χ4v) is 1.82. The van der Waals surface area contributed by atoms with Gasteiger partial charge in [-0.2, -0.15) is 12.7 Å². The summed E-state index contributed by atoms with van der Waals surface area (Å²) in [5.74, 6) is 0.392. The number of hydrogen-bond acceptors (Lipinski definition) is 3. The second kappa shape index (κ2) is 3.29. The maximum absolute atomic E-state index is 10.8. The molecular formula is C6H15N3O2S. The molecule has 6 heteroatoms. The maximum atomic E-state index is 10.8. The summed E-state index contributed by atoms with van der Waals surface area (Å²) in [4.78, 5) is 0. The molecule has 1 saturated carbocycles. The van der Waals surface area contributed by atoms with Crippen LogP contribution in [0.5, 0.6) is 0 Å². The van der Waals surface area contributed by atoms with Crippen molar-refractivity contribution in [3.8, 4) is 0 Å². The quantitative estimate of drug-likeness (QED) is 0.593. The lowest BCUT2D eigenvalue weighted by atomic mass is 9.81. The van der Waals surface area contributed by atoms with Gasteiger partial charge >= 0.3 is 0 Å². The van der Waals surface area contributed by atoms with Gasteiger partial charge in [0.2, 0.25) is 0 Å². The minimum atomic E-state index is -3.50. The van der Waals surface area contributed by atoms with Gasteiger partial charge in [-0.25, -0.2) is 5.14 Å². The summed E-state index contributed by atoms with van der Waals surface area (Å²) < 4.78 is 22.7. The van der Waals surface area contributed by atoms with Crippen LogP contribution >= 0.6 is 0 Å². The number of hydrogen-bond donors (Lipinski definition) is 2. The fourth-order valence-electron chi connectivity index (χ4n) is 1.40. The molecule has 1 rings (SSSR count). The SMILES string of the molecule is CN(CC1CC(N)C1)S(N)(=O)=O. The van der Waals surface area contributed by atoms with Gasteiger partial charge in [-0.15, -0.1) is 0 Å². The van der Waals surface area contributed by atoms with Crippen LogP contribution in [0, 0.1) is 5.92 Å². The van der Waals surface area contributed by atoms with Crippen LogP contribution in [0.1, 0.15) is 12.8 Å². The number of nitrogens with two attached hydrogens (primary N) is 2. The smallest absolute Gasteiger partial charge is 0.276 e. The highest BCUT2D eigenvalue weighted by atomic mass is 32.2. The first kappa shape index (κ1) is 9.91.